The van der Waals surface area contributed by atoms with Crippen LogP contribution in [0.25, 0.3) is 22.4 Å². The summed E-state index contributed by atoms with van der Waals surface area (Å²) in [5.41, 5.74) is 3.23. The fourth-order valence-electron chi connectivity index (χ4n) is 4.27. The minimum atomic E-state index is -0.314. The predicted molar refractivity (Wildman–Crippen MR) is 144 cm³/mol. The molecule has 0 aliphatic carbocycles. The fraction of sp³-hybridized carbons (Fsp3) is 0.250. The van der Waals surface area contributed by atoms with E-state index in [9.17, 15) is 4.79 Å². The lowest BCUT2D eigenvalue weighted by atomic mass is 10.2. The summed E-state index contributed by atoms with van der Waals surface area (Å²) in [6.07, 6.45) is 5.46. The molecule has 9 heteroatoms. The maximum absolute atomic E-state index is 13.1. The van der Waals surface area contributed by atoms with Crippen LogP contribution >= 0.6 is 0 Å². The average molecular weight is 495 g/mol. The Morgan fingerprint density at radius 1 is 1.08 bits per heavy atom. The van der Waals surface area contributed by atoms with Gasteiger partial charge in [-0.05, 0) is 50.7 Å². The van der Waals surface area contributed by atoms with Gasteiger partial charge in [-0.25, -0.2) is 4.98 Å². The van der Waals surface area contributed by atoms with Crippen molar-refractivity contribution < 1.29 is 4.79 Å². The van der Waals surface area contributed by atoms with E-state index in [2.05, 4.69) is 80.1 Å². The number of rotatable bonds is 9. The lowest BCUT2D eigenvalue weighted by Gasteiger charge is -2.17. The fourth-order valence-corrected chi connectivity index (χ4v) is 4.27. The third kappa shape index (κ3) is 5.57. The van der Waals surface area contributed by atoms with E-state index >= 15 is 0 Å². The summed E-state index contributed by atoms with van der Waals surface area (Å²) in [5, 5.41) is 12.1. The highest BCUT2D eigenvalue weighted by atomic mass is 16.1. The van der Waals surface area contributed by atoms with Gasteiger partial charge in [-0.2, -0.15) is 0 Å². The monoisotopic (exact) mass is 494 g/mol. The summed E-state index contributed by atoms with van der Waals surface area (Å²) in [6.45, 7) is 6.67. The van der Waals surface area contributed by atoms with Gasteiger partial charge in [0.05, 0.1) is 5.52 Å². The number of fused-ring (bicyclic) bond motifs is 1. The molecule has 0 saturated carbocycles. The molecule has 0 atom stereocenters. The third-order valence-electron chi connectivity index (χ3n) is 6.26. The van der Waals surface area contributed by atoms with Crippen molar-refractivity contribution in [3.63, 3.8) is 0 Å². The molecule has 1 amide bonds. The SMILES string of the molecule is CC(C)n1cnnc1-c1cccc(NC(=O)c2cc3c(ccn3CCN(C)Cc3ccccc3)cn2)n1. The molecule has 5 rings (SSSR count). The van der Waals surface area contributed by atoms with E-state index in [1.54, 1.807) is 18.6 Å². The normalized spacial score (nSPS) is 11.5. The molecule has 4 aromatic heterocycles. The van der Waals surface area contributed by atoms with E-state index in [-0.39, 0.29) is 11.9 Å². The molecule has 37 heavy (non-hydrogen) atoms. The van der Waals surface area contributed by atoms with Crippen LogP contribution in [0.1, 0.15) is 35.9 Å². The van der Waals surface area contributed by atoms with Crippen LogP contribution in [0, 0.1) is 0 Å². The number of nitrogens with zero attached hydrogens (tertiary/aromatic N) is 7. The van der Waals surface area contributed by atoms with Crippen LogP contribution in [-0.2, 0) is 13.1 Å². The Balaban J connectivity index is 1.29. The lowest BCUT2D eigenvalue weighted by Crippen LogP contribution is -2.22. The number of benzene rings is 1. The molecule has 0 radical (unpaired) electrons. The van der Waals surface area contributed by atoms with Gasteiger partial charge in [-0.3, -0.25) is 9.78 Å². The summed E-state index contributed by atoms with van der Waals surface area (Å²) in [4.78, 5) is 24.3. The summed E-state index contributed by atoms with van der Waals surface area (Å²) < 4.78 is 4.10. The zero-order valence-electron chi connectivity index (χ0n) is 21.2. The molecule has 188 valence electrons. The van der Waals surface area contributed by atoms with Gasteiger partial charge in [0.15, 0.2) is 5.82 Å². The van der Waals surface area contributed by atoms with Gasteiger partial charge in [-0.1, -0.05) is 36.4 Å². The first-order valence-electron chi connectivity index (χ1n) is 12.3. The quantitative estimate of drug-likeness (QED) is 0.320. The van der Waals surface area contributed by atoms with E-state index in [1.165, 1.54) is 5.56 Å². The summed E-state index contributed by atoms with van der Waals surface area (Å²) >= 11 is 0. The van der Waals surface area contributed by atoms with Crippen molar-refractivity contribution >= 4 is 22.6 Å². The number of hydrogen-bond donors (Lipinski definition) is 1. The highest BCUT2D eigenvalue weighted by molar-refractivity contribution is 6.04. The van der Waals surface area contributed by atoms with Gasteiger partial charge in [0.2, 0.25) is 0 Å². The van der Waals surface area contributed by atoms with Crippen LogP contribution in [0.5, 0.6) is 0 Å². The van der Waals surface area contributed by atoms with Gasteiger partial charge >= 0.3 is 0 Å². The molecular formula is C28H30N8O. The van der Waals surface area contributed by atoms with Crippen LogP contribution in [-0.4, -0.2) is 53.7 Å². The first kappa shape index (κ1) is 24.3. The van der Waals surface area contributed by atoms with Crippen LogP contribution in [0.4, 0.5) is 5.82 Å². The van der Waals surface area contributed by atoms with Crippen molar-refractivity contribution in [3.05, 3.63) is 90.6 Å². The van der Waals surface area contributed by atoms with E-state index in [0.29, 0.717) is 23.0 Å². The number of amides is 1. The molecule has 0 aliphatic rings. The second kappa shape index (κ2) is 10.7. The Bertz CT molecular complexity index is 1510. The molecule has 0 saturated heterocycles. The van der Waals surface area contributed by atoms with Gasteiger partial charge in [-0.15, -0.1) is 10.2 Å². The standard InChI is InChI=1S/C28H30N8O/c1-20(2)36-19-30-33-27(36)23-10-7-11-26(31-23)32-28(37)24-16-25-22(17-29-24)12-13-35(25)15-14-34(3)18-21-8-5-4-6-9-21/h4-13,16-17,19-20H,14-15,18H2,1-3H3,(H,31,32,37). The minimum Gasteiger partial charge on any atom is -0.346 e. The lowest BCUT2D eigenvalue weighted by molar-refractivity contribution is 0.102. The third-order valence-corrected chi connectivity index (χ3v) is 6.26. The second-order valence-electron chi connectivity index (χ2n) is 9.38. The van der Waals surface area contributed by atoms with E-state index in [0.717, 1.165) is 30.5 Å². The van der Waals surface area contributed by atoms with Gasteiger partial charge in [0.1, 0.15) is 23.5 Å². The number of likely N-dealkylation sites (N-methyl/N-ethyl adjacent to an activating group) is 1. The van der Waals surface area contributed by atoms with Crippen molar-refractivity contribution in [1.82, 2.24) is 34.2 Å². The van der Waals surface area contributed by atoms with Crippen molar-refractivity contribution in [3.8, 4) is 11.5 Å². The van der Waals surface area contributed by atoms with Gasteiger partial charge < -0.3 is 19.4 Å². The zero-order valence-corrected chi connectivity index (χ0v) is 21.2. The molecule has 9 nitrogen and oxygen atoms in total. The zero-order chi connectivity index (χ0) is 25.8. The number of anilines is 1. The smallest absolute Gasteiger partial charge is 0.275 e. The minimum absolute atomic E-state index is 0.190. The van der Waals surface area contributed by atoms with Gasteiger partial charge in [0.25, 0.3) is 5.91 Å². The summed E-state index contributed by atoms with van der Waals surface area (Å²) in [7, 11) is 2.11. The van der Waals surface area contributed by atoms with Crippen LogP contribution in [0.2, 0.25) is 0 Å². The molecule has 1 N–H and O–H groups in total. The molecule has 0 fully saturated rings. The molecule has 4 heterocycles. The number of hydrogen-bond acceptors (Lipinski definition) is 6. The number of carbonyl (C=O) groups is 1. The van der Waals surface area contributed by atoms with Crippen LogP contribution in [0.3, 0.4) is 0 Å². The largest absolute Gasteiger partial charge is 0.346 e. The highest BCUT2D eigenvalue weighted by Crippen LogP contribution is 2.21. The molecule has 0 bridgehead atoms. The molecule has 0 spiro atoms. The Hall–Kier alpha value is -4.37. The van der Waals surface area contributed by atoms with Gasteiger partial charge in [0, 0.05) is 43.5 Å². The molecule has 0 aliphatic heterocycles. The Morgan fingerprint density at radius 3 is 2.73 bits per heavy atom. The number of pyridine rings is 2. The van der Waals surface area contributed by atoms with Crippen molar-refractivity contribution in [2.75, 3.05) is 18.9 Å². The second-order valence-corrected chi connectivity index (χ2v) is 9.38. The number of aromatic nitrogens is 6. The highest BCUT2D eigenvalue weighted by Gasteiger charge is 2.15. The molecule has 0 unspecified atom stereocenters. The first-order valence-corrected chi connectivity index (χ1v) is 12.3. The number of carbonyl (C=O) groups excluding carboxylic acids is 1. The average Bonchev–Trinajstić information content (AvgIpc) is 3.55. The molecule has 1 aromatic carbocycles. The number of nitrogens with one attached hydrogen (secondary N) is 1. The first-order chi connectivity index (χ1) is 18.0. The van der Waals surface area contributed by atoms with Crippen LogP contribution in [0.15, 0.2) is 79.4 Å². The maximum Gasteiger partial charge on any atom is 0.275 e. The van der Waals surface area contributed by atoms with Crippen molar-refractivity contribution in [2.45, 2.75) is 33.0 Å². The van der Waals surface area contributed by atoms with E-state index < -0.39 is 0 Å². The van der Waals surface area contributed by atoms with E-state index in [4.69, 9.17) is 0 Å². The van der Waals surface area contributed by atoms with Crippen molar-refractivity contribution in [1.29, 1.82) is 0 Å². The summed E-state index contributed by atoms with van der Waals surface area (Å²) in [6, 6.07) is 19.9. The van der Waals surface area contributed by atoms with Crippen molar-refractivity contribution in [2.24, 2.45) is 0 Å². The predicted octanol–water partition coefficient (Wildman–Crippen LogP) is 4.66. The Kier molecular flexibility index (Phi) is 7.04. The molecule has 5 aromatic rings. The summed E-state index contributed by atoms with van der Waals surface area (Å²) in [5.74, 6) is 0.771. The van der Waals surface area contributed by atoms with Crippen LogP contribution < -0.4 is 5.32 Å². The Labute approximate surface area is 215 Å². The maximum atomic E-state index is 13.1. The van der Waals surface area contributed by atoms with E-state index in [1.807, 2.05) is 41.1 Å². The molecular weight excluding hydrogens is 464 g/mol. The Morgan fingerprint density at radius 2 is 1.92 bits per heavy atom. The topological polar surface area (TPSA) is 93.8 Å².